The Labute approximate surface area is 173 Å². The highest BCUT2D eigenvalue weighted by Gasteiger charge is 2.32. The molecule has 0 saturated carbocycles. The number of aromatic nitrogens is 9. The highest BCUT2D eigenvalue weighted by molar-refractivity contribution is 5.51. The van der Waals surface area contributed by atoms with Crippen molar-refractivity contribution in [1.29, 1.82) is 0 Å². The van der Waals surface area contributed by atoms with Gasteiger partial charge in [-0.3, -0.25) is 4.98 Å². The lowest BCUT2D eigenvalue weighted by Gasteiger charge is -2.44. The predicted molar refractivity (Wildman–Crippen MR) is 111 cm³/mol. The molecule has 30 heavy (non-hydrogen) atoms. The number of likely N-dealkylation sites (N-methyl/N-ethyl adjacent to an activating group) is 1. The largest absolute Gasteiger partial charge is 0.352 e. The molecule has 11 nitrogen and oxygen atoms in total. The summed E-state index contributed by atoms with van der Waals surface area (Å²) in [7, 11) is 2.03. The molecule has 0 aromatic carbocycles. The summed E-state index contributed by atoms with van der Waals surface area (Å²) in [6, 6.07) is 4.28. The Hall–Kier alpha value is -3.63. The van der Waals surface area contributed by atoms with Crippen LogP contribution in [0.3, 0.4) is 0 Å². The van der Waals surface area contributed by atoms with Crippen molar-refractivity contribution in [2.24, 2.45) is 0 Å². The number of rotatable bonds is 4. The van der Waals surface area contributed by atoms with E-state index in [9.17, 15) is 0 Å². The van der Waals surface area contributed by atoms with Gasteiger partial charge in [0, 0.05) is 25.6 Å². The summed E-state index contributed by atoms with van der Waals surface area (Å²) in [5.74, 6) is 3.21. The topological polar surface area (TPSA) is 106 Å². The van der Waals surface area contributed by atoms with Crippen LogP contribution in [0.15, 0.2) is 37.2 Å². The van der Waals surface area contributed by atoms with Crippen LogP contribution in [0.4, 0.5) is 11.6 Å². The molecule has 0 bridgehead atoms. The fourth-order valence-electron chi connectivity index (χ4n) is 3.44. The highest BCUT2D eigenvalue weighted by atomic mass is 15.4. The summed E-state index contributed by atoms with van der Waals surface area (Å²) in [4.78, 5) is 17.3. The second-order valence-electron chi connectivity index (χ2n) is 8.48. The van der Waals surface area contributed by atoms with E-state index >= 15 is 0 Å². The van der Waals surface area contributed by atoms with Crippen LogP contribution >= 0.6 is 0 Å². The molecule has 5 rings (SSSR count). The Morgan fingerprint density at radius 1 is 1.03 bits per heavy atom. The molecule has 4 aromatic heterocycles. The molecule has 0 unspecified atom stereocenters. The molecule has 0 spiro atoms. The number of fused-ring (bicyclic) bond motifs is 1. The smallest absolute Gasteiger partial charge is 0.178 e. The third-order valence-corrected chi connectivity index (χ3v) is 5.28. The first-order valence-electron chi connectivity index (χ1n) is 9.78. The van der Waals surface area contributed by atoms with Gasteiger partial charge in [-0.1, -0.05) is 20.8 Å². The van der Waals surface area contributed by atoms with Gasteiger partial charge in [-0.15, -0.1) is 15.3 Å². The molecule has 1 aliphatic rings. The fraction of sp³-hybridized carbons (Fsp3) is 0.421. The lowest BCUT2D eigenvalue weighted by atomic mass is 9.96. The van der Waals surface area contributed by atoms with Crippen molar-refractivity contribution < 1.29 is 0 Å². The van der Waals surface area contributed by atoms with E-state index in [1.165, 1.54) is 6.33 Å². The molecule has 0 aliphatic carbocycles. The molecule has 1 saturated heterocycles. The Balaban J connectivity index is 1.32. The lowest BCUT2D eigenvalue weighted by Crippen LogP contribution is -2.59. The Morgan fingerprint density at radius 3 is 2.60 bits per heavy atom. The normalized spacial score (nSPS) is 14.9. The van der Waals surface area contributed by atoms with Crippen LogP contribution in [0.1, 0.15) is 26.6 Å². The van der Waals surface area contributed by atoms with Gasteiger partial charge in [-0.25, -0.2) is 14.6 Å². The zero-order valence-corrected chi connectivity index (χ0v) is 17.4. The summed E-state index contributed by atoms with van der Waals surface area (Å²) in [6.07, 6.45) is 6.52. The van der Waals surface area contributed by atoms with Crippen LogP contribution in [0.2, 0.25) is 0 Å². The molecule has 0 N–H and O–H groups in total. The SMILES string of the molecule is CN(c1cncc(-n2cncn2)n1)C1CN(c2ccc3nnc(C(C)(C)C)n3n2)C1. The third kappa shape index (κ3) is 3.11. The fourth-order valence-corrected chi connectivity index (χ4v) is 3.44. The van der Waals surface area contributed by atoms with Crippen molar-refractivity contribution in [3.63, 3.8) is 0 Å². The standard InChI is InChI=1S/C19H23N11/c1-19(2,3)18-25-24-14-5-6-15(26-30(14)18)28-9-13(10-28)27(4)16-7-20-8-17(23-16)29-12-21-11-22-29/h5-8,11-13H,9-10H2,1-4H3. The van der Waals surface area contributed by atoms with Crippen LogP contribution in [-0.2, 0) is 5.41 Å². The van der Waals surface area contributed by atoms with Gasteiger partial charge in [0.1, 0.15) is 24.3 Å². The minimum Gasteiger partial charge on any atom is -0.352 e. The van der Waals surface area contributed by atoms with Gasteiger partial charge in [0.2, 0.25) is 0 Å². The van der Waals surface area contributed by atoms with E-state index < -0.39 is 0 Å². The Kier molecular flexibility index (Phi) is 4.12. The zero-order chi connectivity index (χ0) is 20.9. The van der Waals surface area contributed by atoms with Crippen molar-refractivity contribution in [2.75, 3.05) is 29.9 Å². The predicted octanol–water partition coefficient (Wildman–Crippen LogP) is 1.12. The van der Waals surface area contributed by atoms with Crippen molar-refractivity contribution in [1.82, 2.24) is 44.5 Å². The molecule has 154 valence electrons. The lowest BCUT2D eigenvalue weighted by molar-refractivity contribution is 0.482. The van der Waals surface area contributed by atoms with E-state index in [2.05, 4.69) is 60.8 Å². The van der Waals surface area contributed by atoms with E-state index in [-0.39, 0.29) is 5.41 Å². The van der Waals surface area contributed by atoms with Gasteiger partial charge < -0.3 is 9.80 Å². The highest BCUT2D eigenvalue weighted by Crippen LogP contribution is 2.26. The molecule has 0 atom stereocenters. The summed E-state index contributed by atoms with van der Waals surface area (Å²) in [6.45, 7) is 8.02. The molecular weight excluding hydrogens is 382 g/mol. The van der Waals surface area contributed by atoms with Crippen molar-refractivity contribution >= 4 is 17.3 Å². The monoisotopic (exact) mass is 405 g/mol. The van der Waals surface area contributed by atoms with Gasteiger partial charge in [0.05, 0.1) is 18.4 Å². The molecule has 11 heteroatoms. The second-order valence-corrected chi connectivity index (χ2v) is 8.48. The molecule has 5 heterocycles. The van der Waals surface area contributed by atoms with Crippen LogP contribution in [0, 0.1) is 0 Å². The van der Waals surface area contributed by atoms with E-state index in [1.807, 2.05) is 23.7 Å². The number of anilines is 2. The Morgan fingerprint density at radius 2 is 1.87 bits per heavy atom. The average Bonchev–Trinajstić information content (AvgIpc) is 3.36. The zero-order valence-electron chi connectivity index (χ0n) is 17.4. The van der Waals surface area contributed by atoms with Gasteiger partial charge in [0.25, 0.3) is 0 Å². The number of hydrogen-bond donors (Lipinski definition) is 0. The maximum absolute atomic E-state index is 4.79. The summed E-state index contributed by atoms with van der Waals surface area (Å²) < 4.78 is 3.45. The summed E-state index contributed by atoms with van der Waals surface area (Å²) in [5.41, 5.74) is 0.634. The van der Waals surface area contributed by atoms with Crippen LogP contribution < -0.4 is 9.80 Å². The summed E-state index contributed by atoms with van der Waals surface area (Å²) >= 11 is 0. The molecule has 0 amide bonds. The molecule has 1 aliphatic heterocycles. The average molecular weight is 405 g/mol. The van der Waals surface area contributed by atoms with E-state index in [1.54, 1.807) is 23.4 Å². The number of nitrogens with zero attached hydrogens (tertiary/aromatic N) is 11. The molecular formula is C19H23N11. The van der Waals surface area contributed by atoms with E-state index in [4.69, 9.17) is 5.10 Å². The van der Waals surface area contributed by atoms with Gasteiger partial charge in [0.15, 0.2) is 17.3 Å². The quantitative estimate of drug-likeness (QED) is 0.494. The first-order chi connectivity index (χ1) is 14.4. The second kappa shape index (κ2) is 6.71. The minimum atomic E-state index is -0.128. The number of hydrogen-bond acceptors (Lipinski definition) is 9. The molecule has 0 radical (unpaired) electrons. The maximum atomic E-state index is 4.79. The van der Waals surface area contributed by atoms with E-state index in [0.29, 0.717) is 11.9 Å². The van der Waals surface area contributed by atoms with E-state index in [0.717, 1.165) is 36.2 Å². The van der Waals surface area contributed by atoms with Crippen LogP contribution in [0.5, 0.6) is 0 Å². The van der Waals surface area contributed by atoms with Crippen molar-refractivity contribution in [3.8, 4) is 5.82 Å². The molecule has 1 fully saturated rings. The first kappa shape index (κ1) is 18.4. The minimum absolute atomic E-state index is 0.128. The van der Waals surface area contributed by atoms with Crippen LogP contribution in [-0.4, -0.2) is 70.7 Å². The summed E-state index contributed by atoms with van der Waals surface area (Å²) in [5, 5.41) is 17.5. The van der Waals surface area contributed by atoms with Gasteiger partial charge in [-0.05, 0) is 12.1 Å². The van der Waals surface area contributed by atoms with Gasteiger partial charge >= 0.3 is 0 Å². The van der Waals surface area contributed by atoms with Crippen LogP contribution in [0.25, 0.3) is 11.5 Å². The van der Waals surface area contributed by atoms with Gasteiger partial charge in [-0.2, -0.15) is 9.61 Å². The first-order valence-corrected chi connectivity index (χ1v) is 9.78. The third-order valence-electron chi connectivity index (χ3n) is 5.28. The molecule has 4 aromatic rings. The maximum Gasteiger partial charge on any atom is 0.178 e. The van der Waals surface area contributed by atoms with Crippen molar-refractivity contribution in [3.05, 3.63) is 43.0 Å². The van der Waals surface area contributed by atoms with Crippen molar-refractivity contribution in [2.45, 2.75) is 32.2 Å². The Bertz CT molecular complexity index is 1170.